The van der Waals surface area contributed by atoms with E-state index >= 15 is 0 Å². The van der Waals surface area contributed by atoms with Crippen molar-refractivity contribution >= 4 is 41.5 Å². The number of alkyl halides is 2. The molecule has 2 N–H and O–H groups in total. The second kappa shape index (κ2) is 13.4. The molecule has 0 saturated heterocycles. The highest BCUT2D eigenvalue weighted by Gasteiger charge is 2.10. The molecular weight excluding hydrogens is 455 g/mol. The van der Waals surface area contributed by atoms with Crippen molar-refractivity contribution in [1.82, 2.24) is 10.6 Å². The molecule has 0 aliphatic rings. The summed E-state index contributed by atoms with van der Waals surface area (Å²) in [5, 5.41) is 6.66. The summed E-state index contributed by atoms with van der Waals surface area (Å²) in [5.74, 6) is 0.662. The van der Waals surface area contributed by atoms with Crippen LogP contribution in [-0.2, 0) is 11.3 Å². The molecule has 0 bridgehead atoms. The smallest absolute Gasteiger partial charge is 0.387 e. The van der Waals surface area contributed by atoms with Gasteiger partial charge in [-0.25, -0.2) is 4.99 Å². The zero-order valence-electron chi connectivity index (χ0n) is 13.7. The summed E-state index contributed by atoms with van der Waals surface area (Å²) in [6.45, 7) is 1.24. The van der Waals surface area contributed by atoms with Crippen LogP contribution in [0.5, 0.6) is 5.75 Å². The van der Waals surface area contributed by atoms with E-state index in [4.69, 9.17) is 16.3 Å². The number of halogens is 4. The van der Waals surface area contributed by atoms with Crippen molar-refractivity contribution < 1.29 is 18.3 Å². The number of nitrogens with zero attached hydrogens (tertiary/aromatic N) is 1. The highest BCUT2D eigenvalue weighted by molar-refractivity contribution is 14.0. The molecule has 9 heteroatoms. The van der Waals surface area contributed by atoms with Gasteiger partial charge in [-0.3, -0.25) is 0 Å². The summed E-state index contributed by atoms with van der Waals surface area (Å²) in [4.78, 5) is 4.36. The van der Waals surface area contributed by atoms with Gasteiger partial charge in [-0.1, -0.05) is 11.6 Å². The average Bonchev–Trinajstić information content (AvgIpc) is 2.51. The lowest BCUT2D eigenvalue weighted by Crippen LogP contribution is -2.38. The second-order valence-electron chi connectivity index (χ2n) is 4.60. The molecule has 1 aromatic carbocycles. The number of rotatable bonds is 9. The van der Waals surface area contributed by atoms with Gasteiger partial charge in [-0.05, 0) is 31.5 Å². The lowest BCUT2D eigenvalue weighted by atomic mass is 10.2. The fourth-order valence-corrected chi connectivity index (χ4v) is 2.01. The minimum Gasteiger partial charge on any atom is -0.434 e. The Balaban J connectivity index is 0.00000529. The Hall–Kier alpha value is -0.870. The fraction of sp³-hybridized carbons (Fsp3) is 0.533. The van der Waals surface area contributed by atoms with E-state index in [1.165, 1.54) is 12.1 Å². The van der Waals surface area contributed by atoms with Crippen molar-refractivity contribution in [2.45, 2.75) is 26.5 Å². The topological polar surface area (TPSA) is 54.9 Å². The van der Waals surface area contributed by atoms with E-state index < -0.39 is 6.61 Å². The quantitative estimate of drug-likeness (QED) is 0.247. The number of aliphatic imine (C=N–C) groups is 1. The lowest BCUT2D eigenvalue weighted by Gasteiger charge is -2.13. The van der Waals surface area contributed by atoms with E-state index in [1.54, 1.807) is 13.2 Å². The summed E-state index contributed by atoms with van der Waals surface area (Å²) in [6, 6.07) is 4.48. The molecule has 0 radical (unpaired) electrons. The molecule has 0 fully saturated rings. The molecule has 0 amide bonds. The molecule has 0 aliphatic carbocycles. The zero-order chi connectivity index (χ0) is 17.1. The normalized spacial score (nSPS) is 11.2. The third kappa shape index (κ3) is 9.43. The van der Waals surface area contributed by atoms with Gasteiger partial charge in [0.15, 0.2) is 5.96 Å². The number of nitrogens with one attached hydrogen (secondary N) is 2. The molecule has 0 saturated carbocycles. The summed E-state index contributed by atoms with van der Waals surface area (Å²) in [6.07, 6.45) is 0.831. The van der Waals surface area contributed by atoms with E-state index in [9.17, 15) is 8.78 Å². The maximum absolute atomic E-state index is 12.4. The van der Waals surface area contributed by atoms with E-state index in [0.717, 1.165) is 6.42 Å². The highest BCUT2D eigenvalue weighted by atomic mass is 127. The monoisotopic (exact) mass is 477 g/mol. The van der Waals surface area contributed by atoms with Gasteiger partial charge in [0.2, 0.25) is 0 Å². The molecule has 24 heavy (non-hydrogen) atoms. The van der Waals surface area contributed by atoms with Crippen LogP contribution in [0.3, 0.4) is 0 Å². The van der Waals surface area contributed by atoms with Crippen LogP contribution in [0.1, 0.15) is 18.9 Å². The van der Waals surface area contributed by atoms with Gasteiger partial charge in [0.1, 0.15) is 5.75 Å². The van der Waals surface area contributed by atoms with Gasteiger partial charge in [0, 0.05) is 37.4 Å². The van der Waals surface area contributed by atoms with E-state index in [1.807, 2.05) is 6.92 Å². The highest BCUT2D eigenvalue weighted by Crippen LogP contribution is 2.25. The average molecular weight is 478 g/mol. The van der Waals surface area contributed by atoms with Crippen LogP contribution in [0.4, 0.5) is 8.78 Å². The minimum absolute atomic E-state index is 0. The molecule has 0 heterocycles. The molecule has 0 unspecified atom stereocenters. The van der Waals surface area contributed by atoms with Crippen molar-refractivity contribution in [2.24, 2.45) is 4.99 Å². The third-order valence-electron chi connectivity index (χ3n) is 2.81. The predicted octanol–water partition coefficient (Wildman–Crippen LogP) is 3.65. The molecule has 0 aliphatic heterocycles. The van der Waals surface area contributed by atoms with Gasteiger partial charge in [0.05, 0.1) is 6.54 Å². The predicted molar refractivity (Wildman–Crippen MR) is 103 cm³/mol. The SMILES string of the molecule is CCNC(=NCc1cc(Cl)ccc1OC(F)F)NCCCOC.I. The molecule has 0 atom stereocenters. The standard InChI is InChI=1S/C15H22ClF2N3O2.HI/c1-3-19-15(20-7-4-8-22-2)21-10-11-9-12(16)5-6-13(11)23-14(17)18;/h5-6,9,14H,3-4,7-8,10H2,1-2H3,(H2,19,20,21);1H. The van der Waals surface area contributed by atoms with E-state index in [-0.39, 0.29) is 36.3 Å². The van der Waals surface area contributed by atoms with Crippen molar-refractivity contribution in [3.8, 4) is 5.75 Å². The van der Waals surface area contributed by atoms with Gasteiger partial charge < -0.3 is 20.1 Å². The molecule has 1 aromatic rings. The Morgan fingerprint density at radius 3 is 2.71 bits per heavy atom. The lowest BCUT2D eigenvalue weighted by molar-refractivity contribution is -0.0504. The van der Waals surface area contributed by atoms with Crippen LogP contribution in [-0.4, -0.2) is 39.4 Å². The summed E-state index contributed by atoms with van der Waals surface area (Å²) >= 11 is 5.91. The maximum atomic E-state index is 12.4. The first-order chi connectivity index (χ1) is 11.1. The van der Waals surface area contributed by atoms with E-state index in [2.05, 4.69) is 20.4 Å². The largest absolute Gasteiger partial charge is 0.434 e. The Morgan fingerprint density at radius 2 is 2.08 bits per heavy atom. The first-order valence-corrected chi connectivity index (χ1v) is 7.69. The summed E-state index contributed by atoms with van der Waals surface area (Å²) in [5.41, 5.74) is 0.492. The Morgan fingerprint density at radius 1 is 1.33 bits per heavy atom. The molecule has 138 valence electrons. The number of benzene rings is 1. The van der Waals surface area contributed by atoms with Crippen LogP contribution >= 0.6 is 35.6 Å². The van der Waals surface area contributed by atoms with Gasteiger partial charge >= 0.3 is 6.61 Å². The van der Waals surface area contributed by atoms with Crippen molar-refractivity contribution in [1.29, 1.82) is 0 Å². The van der Waals surface area contributed by atoms with Crippen LogP contribution in [0, 0.1) is 0 Å². The summed E-state index contributed by atoms with van der Waals surface area (Å²) < 4.78 is 34.3. The maximum Gasteiger partial charge on any atom is 0.387 e. The third-order valence-corrected chi connectivity index (χ3v) is 3.04. The van der Waals surface area contributed by atoms with Crippen LogP contribution in [0.25, 0.3) is 0 Å². The number of guanidine groups is 1. The molecular formula is C15H23ClF2IN3O2. The number of methoxy groups -OCH3 is 1. The van der Waals surface area contributed by atoms with Gasteiger partial charge in [0.25, 0.3) is 0 Å². The zero-order valence-corrected chi connectivity index (χ0v) is 16.7. The van der Waals surface area contributed by atoms with E-state index in [0.29, 0.717) is 36.2 Å². The van der Waals surface area contributed by atoms with Crippen molar-refractivity contribution in [3.63, 3.8) is 0 Å². The van der Waals surface area contributed by atoms with Gasteiger partial charge in [-0.2, -0.15) is 8.78 Å². The Kier molecular flexibility index (Phi) is 12.9. The molecule has 0 aromatic heterocycles. The Labute approximate surface area is 163 Å². The van der Waals surface area contributed by atoms with Gasteiger partial charge in [-0.15, -0.1) is 24.0 Å². The first kappa shape index (κ1) is 23.1. The van der Waals surface area contributed by atoms with Crippen LogP contribution in [0.2, 0.25) is 5.02 Å². The first-order valence-electron chi connectivity index (χ1n) is 7.31. The second-order valence-corrected chi connectivity index (χ2v) is 5.04. The fourth-order valence-electron chi connectivity index (χ4n) is 1.81. The Bertz CT molecular complexity index is 508. The van der Waals surface area contributed by atoms with Crippen LogP contribution < -0.4 is 15.4 Å². The molecule has 0 spiro atoms. The number of ether oxygens (including phenoxy) is 2. The minimum atomic E-state index is -2.89. The van der Waals surface area contributed by atoms with Crippen LogP contribution in [0.15, 0.2) is 23.2 Å². The van der Waals surface area contributed by atoms with Crippen molar-refractivity contribution in [3.05, 3.63) is 28.8 Å². The molecule has 5 nitrogen and oxygen atoms in total. The number of hydrogen-bond donors (Lipinski definition) is 2. The summed E-state index contributed by atoms with van der Waals surface area (Å²) in [7, 11) is 1.64. The molecule has 1 rings (SSSR count). The van der Waals surface area contributed by atoms with Crippen molar-refractivity contribution in [2.75, 3.05) is 26.8 Å². The number of hydrogen-bond acceptors (Lipinski definition) is 3.